The largest absolute Gasteiger partial charge is 0.461 e. The lowest BCUT2D eigenvalue weighted by atomic mass is 10.0. The third-order valence-electron chi connectivity index (χ3n) is 3.28. The van der Waals surface area contributed by atoms with Gasteiger partial charge in [-0.15, -0.1) is 0 Å². The maximum atomic E-state index is 10.9. The molecule has 0 unspecified atom stereocenters. The van der Waals surface area contributed by atoms with Crippen molar-refractivity contribution in [2.45, 2.75) is 65.7 Å². The summed E-state index contributed by atoms with van der Waals surface area (Å²) in [5, 5.41) is 0. The van der Waals surface area contributed by atoms with Crippen LogP contribution in [0.25, 0.3) is 0 Å². The molecule has 4 heteroatoms. The molecule has 126 valence electrons. The highest BCUT2D eigenvalue weighted by molar-refractivity contribution is 5.67. The summed E-state index contributed by atoms with van der Waals surface area (Å²) < 4.78 is 9.98. The van der Waals surface area contributed by atoms with Crippen LogP contribution in [0.1, 0.15) is 65.7 Å². The first-order valence-electron chi connectivity index (χ1n) is 8.11. The summed E-state index contributed by atoms with van der Waals surface area (Å²) in [6, 6.07) is 0. The van der Waals surface area contributed by atoms with Gasteiger partial charge in [0.15, 0.2) is 0 Å². The summed E-state index contributed by atoms with van der Waals surface area (Å²) >= 11 is 0. The van der Waals surface area contributed by atoms with Crippen LogP contribution in [0.15, 0.2) is 23.8 Å². The summed E-state index contributed by atoms with van der Waals surface area (Å²) in [5.74, 6) is -0.672. The Balaban J connectivity index is 4.25. The molecular formula is C18H30O4. The van der Waals surface area contributed by atoms with E-state index in [2.05, 4.69) is 13.5 Å². The third kappa shape index (κ3) is 12.2. The normalized spacial score (nSPS) is 11.1. The van der Waals surface area contributed by atoms with Crippen LogP contribution in [0.5, 0.6) is 0 Å². The topological polar surface area (TPSA) is 52.6 Å². The highest BCUT2D eigenvalue weighted by atomic mass is 16.5. The second kappa shape index (κ2) is 13.1. The molecule has 0 aromatic rings. The summed E-state index contributed by atoms with van der Waals surface area (Å²) in [4.78, 5) is 21.8. The van der Waals surface area contributed by atoms with Gasteiger partial charge in [0.2, 0.25) is 0 Å². The van der Waals surface area contributed by atoms with Gasteiger partial charge in [0.25, 0.3) is 0 Å². The standard InChI is InChI=1S/C18H30O4/c1-5-6-7-8-9-10-11-12-18(14-22-17(4)20)15(2)13-21-16(3)19/h12H,2,5-11,13-14H2,1,3-4H3/b18-12-. The van der Waals surface area contributed by atoms with E-state index in [0.29, 0.717) is 5.57 Å². The summed E-state index contributed by atoms with van der Waals surface area (Å²) in [7, 11) is 0. The first-order chi connectivity index (χ1) is 10.5. The number of carbonyl (C=O) groups excluding carboxylic acids is 2. The Bertz CT molecular complexity index is 383. The number of unbranched alkanes of at least 4 members (excludes halogenated alkanes) is 6. The number of rotatable bonds is 12. The fourth-order valence-corrected chi connectivity index (χ4v) is 1.97. The van der Waals surface area contributed by atoms with Crippen molar-refractivity contribution < 1.29 is 19.1 Å². The van der Waals surface area contributed by atoms with Crippen molar-refractivity contribution in [2.24, 2.45) is 0 Å². The molecular weight excluding hydrogens is 280 g/mol. The van der Waals surface area contributed by atoms with E-state index in [1.54, 1.807) is 0 Å². The summed E-state index contributed by atoms with van der Waals surface area (Å²) in [6.07, 6.45) is 10.4. The Labute approximate surface area is 134 Å². The van der Waals surface area contributed by atoms with Gasteiger partial charge >= 0.3 is 11.9 Å². The van der Waals surface area contributed by atoms with Crippen molar-refractivity contribution in [1.82, 2.24) is 0 Å². The number of hydrogen-bond acceptors (Lipinski definition) is 4. The van der Waals surface area contributed by atoms with Crippen LogP contribution in [0.4, 0.5) is 0 Å². The molecule has 0 aliphatic rings. The molecule has 0 saturated carbocycles. The van der Waals surface area contributed by atoms with Gasteiger partial charge in [-0.1, -0.05) is 51.7 Å². The van der Waals surface area contributed by atoms with Crippen LogP contribution in [0.2, 0.25) is 0 Å². The predicted molar refractivity (Wildman–Crippen MR) is 88.5 cm³/mol. The third-order valence-corrected chi connectivity index (χ3v) is 3.28. The van der Waals surface area contributed by atoms with Gasteiger partial charge < -0.3 is 9.47 Å². The molecule has 0 aromatic carbocycles. The predicted octanol–water partition coefficient (Wildman–Crippen LogP) is 4.35. The maximum Gasteiger partial charge on any atom is 0.302 e. The smallest absolute Gasteiger partial charge is 0.302 e. The van der Waals surface area contributed by atoms with Gasteiger partial charge in [0.05, 0.1) is 0 Å². The molecule has 4 nitrogen and oxygen atoms in total. The lowest BCUT2D eigenvalue weighted by molar-refractivity contribution is -0.141. The van der Waals surface area contributed by atoms with Crippen molar-refractivity contribution in [3.05, 3.63) is 23.8 Å². The first-order valence-corrected chi connectivity index (χ1v) is 8.11. The average Bonchev–Trinajstić information content (AvgIpc) is 2.46. The average molecular weight is 310 g/mol. The SMILES string of the molecule is C=C(COC(C)=O)/C(=C\CCCCCCCC)COC(C)=O. The molecule has 0 atom stereocenters. The number of allylic oxidation sites excluding steroid dienone is 1. The van der Waals surface area contributed by atoms with Gasteiger partial charge in [0.1, 0.15) is 13.2 Å². The quantitative estimate of drug-likeness (QED) is 0.305. The van der Waals surface area contributed by atoms with Crippen molar-refractivity contribution >= 4 is 11.9 Å². The summed E-state index contributed by atoms with van der Waals surface area (Å²) in [5.41, 5.74) is 1.52. The molecule has 0 aliphatic heterocycles. The van der Waals surface area contributed by atoms with Crippen molar-refractivity contribution in [2.75, 3.05) is 13.2 Å². The molecule has 0 N–H and O–H groups in total. The van der Waals surface area contributed by atoms with E-state index < -0.39 is 0 Å². The van der Waals surface area contributed by atoms with E-state index in [1.165, 1.54) is 46.0 Å². The minimum atomic E-state index is -0.344. The van der Waals surface area contributed by atoms with E-state index in [0.717, 1.165) is 18.4 Å². The van der Waals surface area contributed by atoms with Crippen molar-refractivity contribution in [3.63, 3.8) is 0 Å². The van der Waals surface area contributed by atoms with Gasteiger partial charge in [-0.05, 0) is 24.0 Å². The second-order valence-electron chi connectivity index (χ2n) is 5.45. The van der Waals surface area contributed by atoms with Gasteiger partial charge in [-0.25, -0.2) is 0 Å². The number of ether oxygens (including phenoxy) is 2. The molecule has 0 fully saturated rings. The van der Waals surface area contributed by atoms with Gasteiger partial charge in [0, 0.05) is 13.8 Å². The highest BCUT2D eigenvalue weighted by Gasteiger charge is 2.07. The lowest BCUT2D eigenvalue weighted by Gasteiger charge is -2.11. The van der Waals surface area contributed by atoms with Gasteiger partial charge in [-0.3, -0.25) is 9.59 Å². The zero-order valence-corrected chi connectivity index (χ0v) is 14.3. The Morgan fingerprint density at radius 3 is 2.05 bits per heavy atom. The molecule has 0 rings (SSSR count). The molecule has 0 spiro atoms. The Morgan fingerprint density at radius 2 is 1.45 bits per heavy atom. The fraction of sp³-hybridized carbons (Fsp3) is 0.667. The van der Waals surface area contributed by atoms with Crippen LogP contribution >= 0.6 is 0 Å². The van der Waals surface area contributed by atoms with Crippen LogP contribution in [0.3, 0.4) is 0 Å². The molecule has 0 aliphatic carbocycles. The van der Waals surface area contributed by atoms with E-state index in [4.69, 9.17) is 9.47 Å². The first kappa shape index (κ1) is 20.4. The number of hydrogen-bond donors (Lipinski definition) is 0. The monoisotopic (exact) mass is 310 g/mol. The molecule has 22 heavy (non-hydrogen) atoms. The maximum absolute atomic E-state index is 10.9. The Kier molecular flexibility index (Phi) is 12.2. The van der Waals surface area contributed by atoms with E-state index in [-0.39, 0.29) is 25.2 Å². The molecule has 0 aromatic heterocycles. The molecule has 0 saturated heterocycles. The van der Waals surface area contributed by atoms with Crippen LogP contribution in [-0.2, 0) is 19.1 Å². The van der Waals surface area contributed by atoms with Crippen LogP contribution < -0.4 is 0 Å². The molecule has 0 amide bonds. The van der Waals surface area contributed by atoms with Crippen LogP contribution in [0, 0.1) is 0 Å². The van der Waals surface area contributed by atoms with E-state index in [1.807, 2.05) is 6.08 Å². The Morgan fingerprint density at radius 1 is 0.909 bits per heavy atom. The number of carbonyl (C=O) groups is 2. The molecule has 0 bridgehead atoms. The Hall–Kier alpha value is -1.58. The molecule has 0 heterocycles. The highest BCUT2D eigenvalue weighted by Crippen LogP contribution is 2.14. The van der Waals surface area contributed by atoms with E-state index >= 15 is 0 Å². The van der Waals surface area contributed by atoms with Crippen molar-refractivity contribution in [1.29, 1.82) is 0 Å². The van der Waals surface area contributed by atoms with Gasteiger partial charge in [-0.2, -0.15) is 0 Å². The zero-order valence-electron chi connectivity index (χ0n) is 14.3. The molecule has 0 radical (unpaired) electrons. The minimum Gasteiger partial charge on any atom is -0.461 e. The fourth-order valence-electron chi connectivity index (χ4n) is 1.97. The van der Waals surface area contributed by atoms with Crippen molar-refractivity contribution in [3.8, 4) is 0 Å². The van der Waals surface area contributed by atoms with E-state index in [9.17, 15) is 9.59 Å². The summed E-state index contributed by atoms with van der Waals surface area (Å²) in [6.45, 7) is 9.17. The van der Waals surface area contributed by atoms with Crippen LogP contribution in [-0.4, -0.2) is 25.2 Å². The zero-order chi connectivity index (χ0) is 16.8. The second-order valence-corrected chi connectivity index (χ2v) is 5.45. The lowest BCUT2D eigenvalue weighted by Crippen LogP contribution is -2.10. The minimum absolute atomic E-state index is 0.138. The number of esters is 2.